The van der Waals surface area contributed by atoms with E-state index >= 15 is 0 Å². The third kappa shape index (κ3) is 1.64. The highest BCUT2D eigenvalue weighted by Gasteiger charge is 2.08. The van der Waals surface area contributed by atoms with Crippen LogP contribution in [0.4, 0.5) is 0 Å². The molecule has 0 bridgehead atoms. The standard InChI is InChI=1S/C14H14S/c1-4-7-11-12(5-2)15-13-9-6-8-10(3)14(11)13/h4-9H,2H2,1,3H3/b7-4-. The second-order valence-electron chi connectivity index (χ2n) is 3.53. The molecule has 0 aliphatic heterocycles. The molecule has 1 heteroatoms. The fraction of sp³-hybridized carbons (Fsp3) is 0.143. The normalized spacial score (nSPS) is 11.3. The molecular weight excluding hydrogens is 200 g/mol. The first kappa shape index (κ1) is 10.2. The van der Waals surface area contributed by atoms with E-state index in [4.69, 9.17) is 0 Å². The molecule has 1 heterocycles. The fourth-order valence-electron chi connectivity index (χ4n) is 1.85. The quantitative estimate of drug-likeness (QED) is 0.668. The largest absolute Gasteiger partial charge is 0.135 e. The zero-order valence-electron chi connectivity index (χ0n) is 9.08. The predicted molar refractivity (Wildman–Crippen MR) is 71.4 cm³/mol. The van der Waals surface area contributed by atoms with Gasteiger partial charge in [-0.1, -0.05) is 36.9 Å². The second-order valence-corrected chi connectivity index (χ2v) is 4.62. The summed E-state index contributed by atoms with van der Waals surface area (Å²) in [5, 5.41) is 1.37. The third-order valence-corrected chi connectivity index (χ3v) is 3.67. The highest BCUT2D eigenvalue weighted by molar-refractivity contribution is 7.20. The average molecular weight is 214 g/mol. The Morgan fingerprint density at radius 3 is 2.80 bits per heavy atom. The number of thiophene rings is 1. The van der Waals surface area contributed by atoms with Crippen LogP contribution in [0.1, 0.15) is 22.9 Å². The summed E-state index contributed by atoms with van der Waals surface area (Å²) in [6.45, 7) is 8.09. The van der Waals surface area contributed by atoms with E-state index in [2.05, 4.69) is 50.8 Å². The van der Waals surface area contributed by atoms with Gasteiger partial charge in [0.15, 0.2) is 0 Å². The Morgan fingerprint density at radius 2 is 2.13 bits per heavy atom. The van der Waals surface area contributed by atoms with Crippen LogP contribution in [0.5, 0.6) is 0 Å². The Hall–Kier alpha value is -1.34. The molecule has 0 aliphatic carbocycles. The van der Waals surface area contributed by atoms with Gasteiger partial charge < -0.3 is 0 Å². The predicted octanol–water partition coefficient (Wildman–Crippen LogP) is 4.89. The molecule has 0 amide bonds. The molecule has 2 aromatic rings. The Bertz CT molecular complexity index is 530. The Labute approximate surface area is 94.6 Å². The lowest BCUT2D eigenvalue weighted by Gasteiger charge is -1.98. The highest BCUT2D eigenvalue weighted by Crippen LogP contribution is 2.35. The molecule has 76 valence electrons. The van der Waals surface area contributed by atoms with Crippen molar-refractivity contribution in [3.63, 3.8) is 0 Å². The number of hydrogen-bond acceptors (Lipinski definition) is 1. The number of rotatable bonds is 2. The highest BCUT2D eigenvalue weighted by atomic mass is 32.1. The Morgan fingerprint density at radius 1 is 1.33 bits per heavy atom. The van der Waals surface area contributed by atoms with Crippen LogP contribution in [-0.2, 0) is 0 Å². The van der Waals surface area contributed by atoms with Crippen molar-refractivity contribution >= 4 is 33.6 Å². The molecule has 1 aromatic heterocycles. The molecule has 15 heavy (non-hydrogen) atoms. The summed E-state index contributed by atoms with van der Waals surface area (Å²) in [5.74, 6) is 0. The van der Waals surface area contributed by atoms with E-state index < -0.39 is 0 Å². The van der Waals surface area contributed by atoms with Gasteiger partial charge in [0.2, 0.25) is 0 Å². The summed E-state index contributed by atoms with van der Waals surface area (Å²) in [5.41, 5.74) is 2.65. The zero-order valence-corrected chi connectivity index (χ0v) is 9.90. The summed E-state index contributed by atoms with van der Waals surface area (Å²) in [6, 6.07) is 6.45. The van der Waals surface area contributed by atoms with Crippen molar-refractivity contribution in [1.82, 2.24) is 0 Å². The average Bonchev–Trinajstić information content (AvgIpc) is 2.58. The molecule has 0 spiro atoms. The maximum atomic E-state index is 3.88. The van der Waals surface area contributed by atoms with Crippen molar-refractivity contribution in [2.24, 2.45) is 0 Å². The topological polar surface area (TPSA) is 0 Å². The molecule has 2 rings (SSSR count). The van der Waals surface area contributed by atoms with Crippen molar-refractivity contribution in [3.8, 4) is 0 Å². The number of benzene rings is 1. The summed E-state index contributed by atoms with van der Waals surface area (Å²) < 4.78 is 1.35. The first-order valence-corrected chi connectivity index (χ1v) is 5.87. The summed E-state index contributed by atoms with van der Waals surface area (Å²) >= 11 is 1.81. The van der Waals surface area contributed by atoms with E-state index in [1.54, 1.807) is 0 Å². The van der Waals surface area contributed by atoms with E-state index in [1.807, 2.05) is 17.4 Å². The number of fused-ring (bicyclic) bond motifs is 1. The molecular formula is C14H14S. The van der Waals surface area contributed by atoms with E-state index in [0.29, 0.717) is 0 Å². The third-order valence-electron chi connectivity index (χ3n) is 2.51. The van der Waals surface area contributed by atoms with Gasteiger partial charge in [-0.25, -0.2) is 0 Å². The van der Waals surface area contributed by atoms with Crippen LogP contribution in [0.25, 0.3) is 22.2 Å². The van der Waals surface area contributed by atoms with Gasteiger partial charge in [-0.15, -0.1) is 11.3 Å². The van der Waals surface area contributed by atoms with Crippen molar-refractivity contribution in [3.05, 3.63) is 46.9 Å². The number of aryl methyl sites for hydroxylation is 1. The van der Waals surface area contributed by atoms with Gasteiger partial charge in [-0.05, 0) is 25.5 Å². The minimum atomic E-state index is 1.26. The van der Waals surface area contributed by atoms with Crippen LogP contribution in [0, 0.1) is 6.92 Å². The molecule has 0 saturated heterocycles. The monoisotopic (exact) mass is 214 g/mol. The van der Waals surface area contributed by atoms with Crippen molar-refractivity contribution in [2.45, 2.75) is 13.8 Å². The van der Waals surface area contributed by atoms with E-state index in [-0.39, 0.29) is 0 Å². The van der Waals surface area contributed by atoms with Crippen LogP contribution in [0.3, 0.4) is 0 Å². The van der Waals surface area contributed by atoms with E-state index in [0.717, 1.165) is 0 Å². The summed E-state index contributed by atoms with van der Waals surface area (Å²) in [4.78, 5) is 1.26. The van der Waals surface area contributed by atoms with Gasteiger partial charge in [-0.2, -0.15) is 0 Å². The number of allylic oxidation sites excluding steroid dienone is 1. The minimum Gasteiger partial charge on any atom is -0.135 e. The SMILES string of the molecule is C=Cc1sc2cccc(C)c2c1/C=C\C. The lowest BCUT2D eigenvalue weighted by molar-refractivity contribution is 1.54. The van der Waals surface area contributed by atoms with Crippen molar-refractivity contribution in [2.75, 3.05) is 0 Å². The minimum absolute atomic E-state index is 1.26. The van der Waals surface area contributed by atoms with Gasteiger partial charge in [-0.3, -0.25) is 0 Å². The van der Waals surface area contributed by atoms with Crippen molar-refractivity contribution < 1.29 is 0 Å². The van der Waals surface area contributed by atoms with E-state index in [9.17, 15) is 0 Å². The van der Waals surface area contributed by atoms with E-state index in [1.165, 1.54) is 26.1 Å². The molecule has 0 aliphatic rings. The lowest BCUT2D eigenvalue weighted by atomic mass is 10.1. The van der Waals surface area contributed by atoms with Crippen molar-refractivity contribution in [1.29, 1.82) is 0 Å². The first-order valence-electron chi connectivity index (χ1n) is 5.05. The molecule has 0 unspecified atom stereocenters. The first-order chi connectivity index (χ1) is 7.27. The van der Waals surface area contributed by atoms with Crippen LogP contribution < -0.4 is 0 Å². The molecule has 0 nitrogen and oxygen atoms in total. The second kappa shape index (κ2) is 4.03. The summed E-state index contributed by atoms with van der Waals surface area (Å²) in [6.07, 6.45) is 6.20. The van der Waals surface area contributed by atoms with Crippen LogP contribution in [-0.4, -0.2) is 0 Å². The Kier molecular flexibility index (Phi) is 2.74. The molecule has 0 N–H and O–H groups in total. The molecule has 0 fully saturated rings. The van der Waals surface area contributed by atoms with Gasteiger partial charge in [0, 0.05) is 20.5 Å². The lowest BCUT2D eigenvalue weighted by Crippen LogP contribution is -1.77. The molecule has 0 atom stereocenters. The van der Waals surface area contributed by atoms with Gasteiger partial charge in [0.25, 0.3) is 0 Å². The van der Waals surface area contributed by atoms with Gasteiger partial charge in [0.1, 0.15) is 0 Å². The number of hydrogen-bond donors (Lipinski definition) is 0. The van der Waals surface area contributed by atoms with Gasteiger partial charge >= 0.3 is 0 Å². The molecule has 0 radical (unpaired) electrons. The zero-order chi connectivity index (χ0) is 10.8. The fourth-order valence-corrected chi connectivity index (χ4v) is 2.97. The van der Waals surface area contributed by atoms with Gasteiger partial charge in [0.05, 0.1) is 0 Å². The Balaban J connectivity index is 2.88. The smallest absolute Gasteiger partial charge is 0.0358 e. The van der Waals surface area contributed by atoms with Crippen LogP contribution >= 0.6 is 11.3 Å². The van der Waals surface area contributed by atoms with Crippen LogP contribution in [0.15, 0.2) is 30.9 Å². The van der Waals surface area contributed by atoms with Crippen LogP contribution in [0.2, 0.25) is 0 Å². The maximum Gasteiger partial charge on any atom is 0.0358 e. The maximum absolute atomic E-state index is 3.88. The summed E-state index contributed by atoms with van der Waals surface area (Å²) in [7, 11) is 0. The molecule has 1 aromatic carbocycles. The molecule has 0 saturated carbocycles.